The van der Waals surface area contributed by atoms with Gasteiger partial charge in [-0.2, -0.15) is 0 Å². The lowest BCUT2D eigenvalue weighted by molar-refractivity contribution is 0.284. The normalized spacial score (nSPS) is 20.1. The van der Waals surface area contributed by atoms with Crippen LogP contribution in [0, 0.1) is 12.8 Å². The van der Waals surface area contributed by atoms with Gasteiger partial charge in [0.1, 0.15) is 0 Å². The fourth-order valence-electron chi connectivity index (χ4n) is 2.03. The van der Waals surface area contributed by atoms with Crippen molar-refractivity contribution in [1.82, 2.24) is 4.98 Å². The molecule has 4 heteroatoms. The van der Waals surface area contributed by atoms with Crippen LogP contribution in [0.1, 0.15) is 36.3 Å². The zero-order valence-electron chi connectivity index (χ0n) is 9.65. The molecule has 1 aromatic rings. The quantitative estimate of drug-likeness (QED) is 0.855. The van der Waals surface area contributed by atoms with Gasteiger partial charge in [-0.3, -0.25) is 0 Å². The predicted octanol–water partition coefficient (Wildman–Crippen LogP) is 2.32. The smallest absolute Gasteiger partial charge is 0.186 e. The highest BCUT2D eigenvalue weighted by atomic mass is 32.1. The van der Waals surface area contributed by atoms with Crippen LogP contribution >= 0.6 is 11.3 Å². The fraction of sp³-hybridized carbons (Fsp3) is 0.750. The molecule has 0 spiro atoms. The Balaban J connectivity index is 1.79. The van der Waals surface area contributed by atoms with Gasteiger partial charge in [0.05, 0.1) is 17.2 Å². The van der Waals surface area contributed by atoms with E-state index >= 15 is 0 Å². The Bertz CT molecular complexity index is 382. The Kier molecular flexibility index (Phi) is 2.64. The lowest BCUT2D eigenvalue weighted by Crippen LogP contribution is -2.27. The third-order valence-electron chi connectivity index (χ3n) is 3.41. The molecule has 1 aromatic heterocycles. The largest absolute Gasteiger partial charge is 0.391 e. The molecule has 2 aliphatic carbocycles. The van der Waals surface area contributed by atoms with E-state index in [1.807, 2.05) is 6.92 Å². The van der Waals surface area contributed by atoms with Gasteiger partial charge in [0.15, 0.2) is 5.13 Å². The zero-order valence-corrected chi connectivity index (χ0v) is 10.5. The van der Waals surface area contributed by atoms with Crippen LogP contribution in [-0.4, -0.2) is 22.7 Å². The molecular weight excluding hydrogens is 220 g/mol. The van der Waals surface area contributed by atoms with Crippen molar-refractivity contribution in [2.45, 2.75) is 45.3 Å². The van der Waals surface area contributed by atoms with E-state index in [1.165, 1.54) is 32.2 Å². The first-order valence-electron chi connectivity index (χ1n) is 6.11. The highest BCUT2D eigenvalue weighted by molar-refractivity contribution is 7.15. The fourth-order valence-corrected chi connectivity index (χ4v) is 3.03. The molecular formula is C12H18N2OS. The lowest BCUT2D eigenvalue weighted by atomic mass is 10.4. The molecule has 0 radical (unpaired) electrons. The van der Waals surface area contributed by atoms with E-state index in [1.54, 1.807) is 11.3 Å². The highest BCUT2D eigenvalue weighted by Gasteiger charge is 2.35. The Labute approximate surface area is 100 Å². The minimum atomic E-state index is 0.130. The van der Waals surface area contributed by atoms with Gasteiger partial charge >= 0.3 is 0 Å². The van der Waals surface area contributed by atoms with Crippen LogP contribution in [0.4, 0.5) is 5.13 Å². The molecule has 0 amide bonds. The highest BCUT2D eigenvalue weighted by Crippen LogP contribution is 2.39. The second-order valence-corrected chi connectivity index (χ2v) is 6.05. The molecule has 0 unspecified atom stereocenters. The van der Waals surface area contributed by atoms with E-state index < -0.39 is 0 Å². The summed E-state index contributed by atoms with van der Waals surface area (Å²) in [5.74, 6) is 0.905. The van der Waals surface area contributed by atoms with Gasteiger partial charge in [-0.25, -0.2) is 4.98 Å². The molecule has 0 bridgehead atoms. The number of aryl methyl sites for hydroxylation is 1. The van der Waals surface area contributed by atoms with Gasteiger partial charge in [0.2, 0.25) is 0 Å². The molecule has 0 aliphatic heterocycles. The van der Waals surface area contributed by atoms with Crippen molar-refractivity contribution in [3.8, 4) is 0 Å². The molecule has 2 fully saturated rings. The number of hydrogen-bond donors (Lipinski definition) is 1. The Hall–Kier alpha value is -0.610. The van der Waals surface area contributed by atoms with Gasteiger partial charge in [-0.15, -0.1) is 0 Å². The first kappa shape index (κ1) is 10.5. The van der Waals surface area contributed by atoms with E-state index in [0.29, 0.717) is 0 Å². The molecule has 0 aromatic carbocycles. The Morgan fingerprint density at radius 3 is 2.62 bits per heavy atom. The van der Waals surface area contributed by atoms with Crippen molar-refractivity contribution < 1.29 is 5.11 Å². The van der Waals surface area contributed by atoms with Crippen LogP contribution in [0.15, 0.2) is 0 Å². The van der Waals surface area contributed by atoms with Crippen LogP contribution < -0.4 is 4.90 Å². The van der Waals surface area contributed by atoms with Crippen LogP contribution in [0.25, 0.3) is 0 Å². The number of rotatable bonds is 5. The summed E-state index contributed by atoms with van der Waals surface area (Å²) in [4.78, 5) is 8.11. The van der Waals surface area contributed by atoms with E-state index in [9.17, 15) is 5.11 Å². The third kappa shape index (κ3) is 2.09. The Morgan fingerprint density at radius 2 is 2.12 bits per heavy atom. The van der Waals surface area contributed by atoms with Crippen LogP contribution in [0.2, 0.25) is 0 Å². The number of aliphatic hydroxyl groups excluding tert-OH is 1. The first-order valence-corrected chi connectivity index (χ1v) is 6.93. The maximum absolute atomic E-state index is 9.21. The summed E-state index contributed by atoms with van der Waals surface area (Å²) >= 11 is 1.67. The third-order valence-corrected chi connectivity index (χ3v) is 4.59. The summed E-state index contributed by atoms with van der Waals surface area (Å²) in [7, 11) is 0. The molecule has 0 atom stereocenters. The summed E-state index contributed by atoms with van der Waals surface area (Å²) < 4.78 is 0. The van der Waals surface area contributed by atoms with Crippen molar-refractivity contribution >= 4 is 16.5 Å². The van der Waals surface area contributed by atoms with Crippen molar-refractivity contribution in [1.29, 1.82) is 0 Å². The molecule has 2 aliphatic rings. The maximum Gasteiger partial charge on any atom is 0.186 e. The van der Waals surface area contributed by atoms with Crippen LogP contribution in [0.3, 0.4) is 0 Å². The molecule has 1 N–H and O–H groups in total. The average molecular weight is 238 g/mol. The molecule has 3 rings (SSSR count). The van der Waals surface area contributed by atoms with E-state index in [2.05, 4.69) is 9.88 Å². The summed E-state index contributed by atoms with van der Waals surface area (Å²) in [6, 6.07) is 0.734. The minimum absolute atomic E-state index is 0.130. The topological polar surface area (TPSA) is 36.4 Å². The molecule has 16 heavy (non-hydrogen) atoms. The molecule has 0 saturated heterocycles. The van der Waals surface area contributed by atoms with Crippen LogP contribution in [-0.2, 0) is 6.61 Å². The second-order valence-electron chi connectivity index (χ2n) is 4.99. The van der Waals surface area contributed by atoms with Gasteiger partial charge in [-0.1, -0.05) is 11.3 Å². The first-order chi connectivity index (χ1) is 7.78. The van der Waals surface area contributed by atoms with Gasteiger partial charge in [-0.05, 0) is 38.5 Å². The number of aliphatic hydroxyl groups is 1. The van der Waals surface area contributed by atoms with Gasteiger partial charge in [0, 0.05) is 12.6 Å². The zero-order chi connectivity index (χ0) is 11.1. The lowest BCUT2D eigenvalue weighted by Gasteiger charge is -2.21. The number of anilines is 1. The molecule has 1 heterocycles. The van der Waals surface area contributed by atoms with Gasteiger partial charge in [0.25, 0.3) is 0 Å². The maximum atomic E-state index is 9.21. The second kappa shape index (κ2) is 4.00. The average Bonchev–Trinajstić information content (AvgIpc) is 3.13. The van der Waals surface area contributed by atoms with Crippen LogP contribution in [0.5, 0.6) is 0 Å². The van der Waals surface area contributed by atoms with Crippen molar-refractivity contribution in [3.63, 3.8) is 0 Å². The standard InChI is InChI=1S/C12H18N2OS/c1-8-11(7-15)16-12(13-8)14(10-4-5-10)6-9-2-3-9/h9-10,15H,2-7H2,1H3. The summed E-state index contributed by atoms with van der Waals surface area (Å²) in [5, 5.41) is 10.3. The molecule has 3 nitrogen and oxygen atoms in total. The number of nitrogens with zero attached hydrogens (tertiary/aromatic N) is 2. The summed E-state index contributed by atoms with van der Waals surface area (Å²) in [5.41, 5.74) is 1.00. The number of thiazole rings is 1. The monoisotopic (exact) mass is 238 g/mol. The number of aromatic nitrogens is 1. The van der Waals surface area contributed by atoms with E-state index in [-0.39, 0.29) is 6.61 Å². The summed E-state index contributed by atoms with van der Waals surface area (Å²) in [6.07, 6.45) is 5.42. The van der Waals surface area contributed by atoms with Gasteiger partial charge < -0.3 is 10.0 Å². The van der Waals surface area contributed by atoms with E-state index in [4.69, 9.17) is 0 Å². The summed E-state index contributed by atoms with van der Waals surface area (Å²) in [6.45, 7) is 3.31. The van der Waals surface area contributed by atoms with Crippen molar-refractivity contribution in [3.05, 3.63) is 10.6 Å². The molecule has 88 valence electrons. The van der Waals surface area contributed by atoms with E-state index in [0.717, 1.165) is 27.7 Å². The van der Waals surface area contributed by atoms with Crippen molar-refractivity contribution in [2.75, 3.05) is 11.4 Å². The van der Waals surface area contributed by atoms with Crippen molar-refractivity contribution in [2.24, 2.45) is 5.92 Å². The number of hydrogen-bond acceptors (Lipinski definition) is 4. The Morgan fingerprint density at radius 1 is 1.38 bits per heavy atom. The molecule has 2 saturated carbocycles. The minimum Gasteiger partial charge on any atom is -0.391 e. The predicted molar refractivity (Wildman–Crippen MR) is 65.9 cm³/mol. The SMILES string of the molecule is Cc1nc(N(CC2CC2)C2CC2)sc1CO.